The van der Waals surface area contributed by atoms with Crippen molar-refractivity contribution in [1.29, 1.82) is 0 Å². The second kappa shape index (κ2) is 11.6. The highest BCUT2D eigenvalue weighted by Crippen LogP contribution is 1.99. The first-order chi connectivity index (χ1) is 4.41. The smallest absolute Gasteiger partial charge is 0.00773 e. The Balaban J connectivity index is 0. The minimum absolute atomic E-state index is 0. The molecule has 10 heavy (non-hydrogen) atoms. The summed E-state index contributed by atoms with van der Waals surface area (Å²) in [5.74, 6) is 0. The van der Waals surface area contributed by atoms with E-state index in [1.165, 1.54) is 32.1 Å². The van der Waals surface area contributed by atoms with Crippen LogP contribution in [0.5, 0.6) is 0 Å². The van der Waals surface area contributed by atoms with Gasteiger partial charge < -0.3 is 17.6 Å². The van der Waals surface area contributed by atoms with E-state index < -0.39 is 0 Å². The molecule has 0 aliphatic carbocycles. The van der Waals surface area contributed by atoms with Gasteiger partial charge in [-0.1, -0.05) is 19.3 Å². The highest BCUT2D eigenvalue weighted by Gasteiger charge is 1.85. The second-order valence-corrected chi connectivity index (χ2v) is 2.35. The highest BCUT2D eigenvalue weighted by atomic mass is 14.5. The van der Waals surface area contributed by atoms with Crippen molar-refractivity contribution in [2.24, 2.45) is 11.5 Å². The third kappa shape index (κ3) is 10.8. The minimum Gasteiger partial charge on any atom is -0.344 e. The summed E-state index contributed by atoms with van der Waals surface area (Å²) in [6, 6.07) is 0. The topological polar surface area (TPSA) is 87.0 Å². The molecule has 0 unspecified atom stereocenters. The zero-order chi connectivity index (χ0) is 6.95. The van der Waals surface area contributed by atoms with Gasteiger partial charge in [0.05, 0.1) is 0 Å². The quantitative estimate of drug-likeness (QED) is 0.490. The lowest BCUT2D eigenvalue weighted by molar-refractivity contribution is 0.623. The van der Waals surface area contributed by atoms with Crippen LogP contribution in [0.4, 0.5) is 0 Å². The Bertz CT molecular complexity index is 42.1. The van der Waals surface area contributed by atoms with E-state index >= 15 is 0 Å². The van der Waals surface area contributed by atoms with E-state index in [9.17, 15) is 0 Å². The van der Waals surface area contributed by atoms with Crippen LogP contribution in [0.3, 0.4) is 0 Å². The van der Waals surface area contributed by atoms with Gasteiger partial charge in [-0.25, -0.2) is 0 Å². The number of hydrogen-bond donors (Lipinski definition) is 3. The molecule has 0 aliphatic rings. The number of hydrogen-bond acceptors (Lipinski definition) is 3. The number of unbranched alkanes of at least 4 members (excludes halogenated alkanes) is 4. The van der Waals surface area contributed by atoms with Crippen LogP contribution in [-0.2, 0) is 0 Å². The summed E-state index contributed by atoms with van der Waals surface area (Å²) in [6.07, 6.45) is 6.19. The van der Waals surface area contributed by atoms with Gasteiger partial charge in [-0.15, -0.1) is 0 Å². The molecule has 0 rings (SSSR count). The molecular formula is C7H21N3. The second-order valence-electron chi connectivity index (χ2n) is 2.35. The van der Waals surface area contributed by atoms with Gasteiger partial charge in [0.1, 0.15) is 0 Å². The fourth-order valence-corrected chi connectivity index (χ4v) is 0.819. The third-order valence-electron chi connectivity index (χ3n) is 1.41. The molecule has 0 spiro atoms. The Morgan fingerprint density at radius 1 is 0.600 bits per heavy atom. The van der Waals surface area contributed by atoms with Crippen molar-refractivity contribution >= 4 is 0 Å². The molecule has 0 amide bonds. The Kier molecular flexibility index (Phi) is 14.6. The Labute approximate surface area is 63.7 Å². The van der Waals surface area contributed by atoms with Crippen LogP contribution in [0.25, 0.3) is 0 Å². The first-order valence-electron chi connectivity index (χ1n) is 3.82. The average molecular weight is 147 g/mol. The normalized spacial score (nSPS) is 9.00. The molecule has 0 saturated heterocycles. The average Bonchev–Trinajstić information content (AvgIpc) is 1.89. The van der Waals surface area contributed by atoms with E-state index in [1.54, 1.807) is 0 Å². The van der Waals surface area contributed by atoms with E-state index in [4.69, 9.17) is 11.5 Å². The molecule has 64 valence electrons. The molecular weight excluding hydrogens is 126 g/mol. The van der Waals surface area contributed by atoms with Gasteiger partial charge in [-0.05, 0) is 25.9 Å². The molecule has 0 saturated carbocycles. The summed E-state index contributed by atoms with van der Waals surface area (Å²) < 4.78 is 0. The fraction of sp³-hybridized carbons (Fsp3) is 1.00. The molecule has 0 atom stereocenters. The predicted molar refractivity (Wildman–Crippen MR) is 46.2 cm³/mol. The molecule has 0 bridgehead atoms. The van der Waals surface area contributed by atoms with E-state index in [0.717, 1.165) is 13.1 Å². The van der Waals surface area contributed by atoms with Gasteiger partial charge in [0.25, 0.3) is 0 Å². The molecule has 0 aromatic carbocycles. The number of rotatable bonds is 6. The molecule has 3 heteroatoms. The molecule has 3 nitrogen and oxygen atoms in total. The Morgan fingerprint density at radius 2 is 0.900 bits per heavy atom. The van der Waals surface area contributed by atoms with Gasteiger partial charge >= 0.3 is 0 Å². The van der Waals surface area contributed by atoms with E-state index in [1.807, 2.05) is 0 Å². The third-order valence-corrected chi connectivity index (χ3v) is 1.41. The first kappa shape index (κ1) is 12.5. The Hall–Kier alpha value is -0.120. The van der Waals surface area contributed by atoms with E-state index in [2.05, 4.69) is 0 Å². The van der Waals surface area contributed by atoms with Crippen molar-refractivity contribution in [3.63, 3.8) is 0 Å². The van der Waals surface area contributed by atoms with Crippen molar-refractivity contribution in [2.45, 2.75) is 32.1 Å². The van der Waals surface area contributed by atoms with Crippen molar-refractivity contribution in [3.05, 3.63) is 0 Å². The SMILES string of the molecule is N.NCCCCCCCN. The molecule has 0 radical (unpaired) electrons. The predicted octanol–water partition coefficient (Wildman–Crippen LogP) is 1.02. The van der Waals surface area contributed by atoms with Gasteiger partial charge in [0.15, 0.2) is 0 Å². The van der Waals surface area contributed by atoms with Crippen LogP contribution in [0.2, 0.25) is 0 Å². The summed E-state index contributed by atoms with van der Waals surface area (Å²) in [6.45, 7) is 1.67. The fourth-order valence-electron chi connectivity index (χ4n) is 0.819. The van der Waals surface area contributed by atoms with Crippen molar-refractivity contribution in [1.82, 2.24) is 6.15 Å². The lowest BCUT2D eigenvalue weighted by atomic mass is 10.1. The summed E-state index contributed by atoms with van der Waals surface area (Å²) in [5.41, 5.74) is 10.6. The highest BCUT2D eigenvalue weighted by molar-refractivity contribution is 4.44. The maximum absolute atomic E-state index is 5.32. The maximum atomic E-state index is 5.32. The van der Waals surface area contributed by atoms with Crippen molar-refractivity contribution in [3.8, 4) is 0 Å². The van der Waals surface area contributed by atoms with Crippen LogP contribution >= 0.6 is 0 Å². The first-order valence-corrected chi connectivity index (χ1v) is 3.82. The molecule has 0 aromatic rings. The van der Waals surface area contributed by atoms with Gasteiger partial charge in [-0.2, -0.15) is 0 Å². The van der Waals surface area contributed by atoms with Gasteiger partial charge in [-0.3, -0.25) is 0 Å². The van der Waals surface area contributed by atoms with Gasteiger partial charge in [0.2, 0.25) is 0 Å². The van der Waals surface area contributed by atoms with Crippen molar-refractivity contribution in [2.75, 3.05) is 13.1 Å². The summed E-state index contributed by atoms with van der Waals surface area (Å²) in [4.78, 5) is 0. The van der Waals surface area contributed by atoms with Crippen LogP contribution in [-0.4, -0.2) is 13.1 Å². The van der Waals surface area contributed by atoms with E-state index in [0.29, 0.717) is 0 Å². The Morgan fingerprint density at radius 3 is 1.20 bits per heavy atom. The molecule has 0 aromatic heterocycles. The van der Waals surface area contributed by atoms with E-state index in [-0.39, 0.29) is 6.15 Å². The molecule has 7 N–H and O–H groups in total. The molecule has 0 heterocycles. The van der Waals surface area contributed by atoms with Crippen LogP contribution in [0.15, 0.2) is 0 Å². The standard InChI is InChI=1S/C7H18N2.H3N/c8-6-4-2-1-3-5-7-9;/h1-9H2;1H3. The maximum Gasteiger partial charge on any atom is -0.00773 e. The number of nitrogens with two attached hydrogens (primary N) is 2. The molecule has 0 fully saturated rings. The lowest BCUT2D eigenvalue weighted by Crippen LogP contribution is -1.99. The van der Waals surface area contributed by atoms with Crippen LogP contribution < -0.4 is 17.6 Å². The lowest BCUT2D eigenvalue weighted by Gasteiger charge is -1.96. The monoisotopic (exact) mass is 147 g/mol. The summed E-state index contributed by atoms with van der Waals surface area (Å²) in [5, 5.41) is 0. The minimum atomic E-state index is 0. The van der Waals surface area contributed by atoms with Crippen LogP contribution in [0.1, 0.15) is 32.1 Å². The van der Waals surface area contributed by atoms with Crippen molar-refractivity contribution < 1.29 is 0 Å². The molecule has 0 aliphatic heterocycles. The largest absolute Gasteiger partial charge is 0.344 e. The zero-order valence-corrected chi connectivity index (χ0v) is 6.81. The van der Waals surface area contributed by atoms with Gasteiger partial charge in [0, 0.05) is 0 Å². The van der Waals surface area contributed by atoms with Crippen LogP contribution in [0, 0.1) is 0 Å². The summed E-state index contributed by atoms with van der Waals surface area (Å²) in [7, 11) is 0. The summed E-state index contributed by atoms with van der Waals surface area (Å²) >= 11 is 0. The zero-order valence-electron chi connectivity index (χ0n) is 6.81.